The van der Waals surface area contributed by atoms with Crippen molar-refractivity contribution >= 4 is 49.0 Å². The zero-order valence-electron chi connectivity index (χ0n) is 18.2. The summed E-state index contributed by atoms with van der Waals surface area (Å²) in [5, 5.41) is 3.62. The van der Waals surface area contributed by atoms with Gasteiger partial charge < -0.3 is 14.8 Å². The van der Waals surface area contributed by atoms with Crippen molar-refractivity contribution in [1.29, 1.82) is 0 Å². The third-order valence-corrected chi connectivity index (χ3v) is 8.70. The van der Waals surface area contributed by atoms with Crippen LogP contribution >= 0.6 is 11.3 Å². The molecule has 1 atom stereocenters. The Kier molecular flexibility index (Phi) is 6.68. The van der Waals surface area contributed by atoms with E-state index in [2.05, 4.69) is 5.32 Å². The summed E-state index contributed by atoms with van der Waals surface area (Å²) in [5.74, 6) is -0.831. The van der Waals surface area contributed by atoms with Gasteiger partial charge in [-0.1, -0.05) is 18.2 Å². The number of amides is 1. The molecular formula is C23H24N2O6S2. The van der Waals surface area contributed by atoms with Crippen LogP contribution in [-0.4, -0.2) is 51.9 Å². The Balaban J connectivity index is 1.56. The molecule has 1 unspecified atom stereocenters. The Morgan fingerprint density at radius 2 is 1.82 bits per heavy atom. The van der Waals surface area contributed by atoms with E-state index in [1.54, 1.807) is 12.1 Å². The van der Waals surface area contributed by atoms with E-state index in [1.807, 2.05) is 24.3 Å². The number of hydrogen-bond donors (Lipinski definition) is 1. The maximum atomic E-state index is 13.2. The van der Waals surface area contributed by atoms with Gasteiger partial charge >= 0.3 is 5.97 Å². The molecule has 0 saturated carbocycles. The van der Waals surface area contributed by atoms with Crippen molar-refractivity contribution < 1.29 is 27.5 Å². The summed E-state index contributed by atoms with van der Waals surface area (Å²) in [6.45, 7) is 0.406. The molecule has 174 valence electrons. The van der Waals surface area contributed by atoms with Gasteiger partial charge in [0.2, 0.25) is 15.9 Å². The molecule has 0 spiro atoms. The van der Waals surface area contributed by atoms with E-state index in [9.17, 15) is 18.0 Å². The van der Waals surface area contributed by atoms with Gasteiger partial charge in [-0.2, -0.15) is 4.31 Å². The van der Waals surface area contributed by atoms with Crippen LogP contribution in [0, 0.1) is 5.92 Å². The summed E-state index contributed by atoms with van der Waals surface area (Å²) in [7, 11) is -0.943. The van der Waals surface area contributed by atoms with Gasteiger partial charge in [0.15, 0.2) is 0 Å². The Hall–Kier alpha value is -2.95. The summed E-state index contributed by atoms with van der Waals surface area (Å²) in [6.07, 6.45) is 1.11. The molecule has 2 aromatic carbocycles. The van der Waals surface area contributed by atoms with Crippen molar-refractivity contribution in [3.63, 3.8) is 0 Å². The number of nitrogens with one attached hydrogen (secondary N) is 1. The molecular weight excluding hydrogens is 464 g/mol. The average Bonchev–Trinajstić information content (AvgIpc) is 3.22. The van der Waals surface area contributed by atoms with E-state index in [1.165, 1.54) is 42.0 Å². The number of esters is 1. The topological polar surface area (TPSA) is 102 Å². The van der Waals surface area contributed by atoms with Gasteiger partial charge in [-0.15, -0.1) is 11.3 Å². The standard InChI is InChI=1S/C23H24N2O6S2/c1-30-16-9-11-17(12-10-16)33(28,29)25-13-5-6-15(14-25)22(26)24-20-18-7-3-4-8-19(18)32-21(20)23(27)31-2/h3-4,7-12,15H,5-6,13-14H2,1-2H3,(H,24,26). The molecule has 0 radical (unpaired) electrons. The smallest absolute Gasteiger partial charge is 0.350 e. The SMILES string of the molecule is COC(=O)c1sc2ccccc2c1NC(=O)C1CCCN(S(=O)(=O)c2ccc(OC)cc2)C1. The number of carbonyl (C=O) groups is 2. The zero-order valence-corrected chi connectivity index (χ0v) is 19.9. The van der Waals surface area contributed by atoms with E-state index in [-0.39, 0.29) is 17.3 Å². The molecule has 1 aliphatic heterocycles. The van der Waals surface area contributed by atoms with E-state index in [0.717, 1.165) is 10.1 Å². The highest BCUT2D eigenvalue weighted by Crippen LogP contribution is 2.37. The minimum absolute atomic E-state index is 0.0653. The van der Waals surface area contributed by atoms with Crippen molar-refractivity contribution in [2.24, 2.45) is 5.92 Å². The Morgan fingerprint density at radius 1 is 1.09 bits per heavy atom. The first-order valence-electron chi connectivity index (χ1n) is 10.4. The Bertz CT molecular complexity index is 1280. The van der Waals surface area contributed by atoms with Gasteiger partial charge in [0.1, 0.15) is 10.6 Å². The van der Waals surface area contributed by atoms with E-state index < -0.39 is 21.9 Å². The maximum absolute atomic E-state index is 13.2. The molecule has 1 N–H and O–H groups in total. The number of anilines is 1. The van der Waals surface area contributed by atoms with Crippen LogP contribution in [0.2, 0.25) is 0 Å². The van der Waals surface area contributed by atoms with Crippen molar-refractivity contribution in [3.05, 3.63) is 53.4 Å². The molecule has 3 aromatic rings. The summed E-state index contributed by atoms with van der Waals surface area (Å²) < 4.78 is 38.4. The van der Waals surface area contributed by atoms with Crippen molar-refractivity contribution in [3.8, 4) is 5.75 Å². The number of thiophene rings is 1. The van der Waals surface area contributed by atoms with Gasteiger partial charge in [-0.3, -0.25) is 4.79 Å². The molecule has 0 aliphatic carbocycles. The van der Waals surface area contributed by atoms with Gasteiger partial charge in [-0.05, 0) is 43.2 Å². The second-order valence-electron chi connectivity index (χ2n) is 7.66. The molecule has 1 saturated heterocycles. The third kappa shape index (κ3) is 4.59. The minimum Gasteiger partial charge on any atom is -0.497 e. The van der Waals surface area contributed by atoms with Crippen LogP contribution in [0.25, 0.3) is 10.1 Å². The van der Waals surface area contributed by atoms with Gasteiger partial charge in [0, 0.05) is 23.2 Å². The van der Waals surface area contributed by atoms with Gasteiger partial charge in [-0.25, -0.2) is 13.2 Å². The predicted octanol–water partition coefficient (Wildman–Crippen LogP) is 3.74. The van der Waals surface area contributed by atoms with E-state index in [0.29, 0.717) is 35.7 Å². The number of nitrogens with zero attached hydrogens (tertiary/aromatic N) is 1. The lowest BCUT2D eigenvalue weighted by molar-refractivity contribution is -0.120. The second-order valence-corrected chi connectivity index (χ2v) is 10.7. The van der Waals surface area contributed by atoms with Gasteiger partial charge in [0.05, 0.1) is 30.7 Å². The third-order valence-electron chi connectivity index (χ3n) is 5.67. The number of carbonyl (C=O) groups excluding carboxylic acids is 2. The zero-order chi connectivity index (χ0) is 23.6. The molecule has 1 aliphatic rings. The average molecular weight is 489 g/mol. The van der Waals surface area contributed by atoms with E-state index >= 15 is 0 Å². The fourth-order valence-electron chi connectivity index (χ4n) is 3.90. The number of hydrogen-bond acceptors (Lipinski definition) is 7. The van der Waals surface area contributed by atoms with Crippen LogP contribution in [0.15, 0.2) is 53.4 Å². The number of piperidine rings is 1. The first-order valence-corrected chi connectivity index (χ1v) is 12.7. The Morgan fingerprint density at radius 3 is 2.52 bits per heavy atom. The minimum atomic E-state index is -3.75. The first-order chi connectivity index (χ1) is 15.8. The van der Waals surface area contributed by atoms with Crippen LogP contribution in [0.5, 0.6) is 5.75 Å². The molecule has 0 bridgehead atoms. The lowest BCUT2D eigenvalue weighted by Gasteiger charge is -2.31. The molecule has 4 rings (SSSR count). The molecule has 33 heavy (non-hydrogen) atoms. The summed E-state index contributed by atoms with van der Waals surface area (Å²) in [4.78, 5) is 25.9. The molecule has 1 aromatic heterocycles. The largest absolute Gasteiger partial charge is 0.497 e. The first kappa shape index (κ1) is 23.2. The monoisotopic (exact) mass is 488 g/mol. The number of sulfonamides is 1. The highest BCUT2D eigenvalue weighted by Gasteiger charge is 2.34. The highest BCUT2D eigenvalue weighted by atomic mass is 32.2. The summed E-state index contributed by atoms with van der Waals surface area (Å²) in [6, 6.07) is 13.6. The number of benzene rings is 2. The van der Waals surface area contributed by atoms with Crippen LogP contribution < -0.4 is 10.1 Å². The lowest BCUT2D eigenvalue weighted by Crippen LogP contribution is -2.43. The predicted molar refractivity (Wildman–Crippen MR) is 126 cm³/mol. The van der Waals surface area contributed by atoms with Gasteiger partial charge in [0.25, 0.3) is 0 Å². The number of ether oxygens (including phenoxy) is 2. The quantitative estimate of drug-likeness (QED) is 0.531. The normalized spacial score (nSPS) is 17.0. The fourth-order valence-corrected chi connectivity index (χ4v) is 6.50. The molecule has 10 heteroatoms. The maximum Gasteiger partial charge on any atom is 0.350 e. The lowest BCUT2D eigenvalue weighted by atomic mass is 9.98. The van der Waals surface area contributed by atoms with Crippen molar-refractivity contribution in [1.82, 2.24) is 4.31 Å². The summed E-state index contributed by atoms with van der Waals surface area (Å²) >= 11 is 1.24. The molecule has 8 nitrogen and oxygen atoms in total. The molecule has 2 heterocycles. The van der Waals surface area contributed by atoms with Crippen LogP contribution in [0.3, 0.4) is 0 Å². The van der Waals surface area contributed by atoms with Crippen molar-refractivity contribution in [2.75, 3.05) is 32.6 Å². The molecule has 1 fully saturated rings. The van der Waals surface area contributed by atoms with Crippen molar-refractivity contribution in [2.45, 2.75) is 17.7 Å². The highest BCUT2D eigenvalue weighted by molar-refractivity contribution is 7.89. The fraction of sp³-hybridized carbons (Fsp3) is 0.304. The van der Waals surface area contributed by atoms with E-state index in [4.69, 9.17) is 9.47 Å². The Labute approximate surface area is 196 Å². The summed E-state index contributed by atoms with van der Waals surface area (Å²) in [5.41, 5.74) is 0.405. The number of methoxy groups -OCH3 is 2. The number of fused-ring (bicyclic) bond motifs is 1. The van der Waals surface area contributed by atoms with Crippen LogP contribution in [0.4, 0.5) is 5.69 Å². The van der Waals surface area contributed by atoms with Crippen LogP contribution in [0.1, 0.15) is 22.5 Å². The van der Waals surface area contributed by atoms with Crippen LogP contribution in [-0.2, 0) is 19.6 Å². The number of rotatable bonds is 6. The second kappa shape index (κ2) is 9.50. The molecule has 1 amide bonds.